The molecule has 3 aromatic heterocycles. The third kappa shape index (κ3) is 3.22. The van der Waals surface area contributed by atoms with Crippen LogP contribution in [0.4, 0.5) is 4.39 Å². The van der Waals surface area contributed by atoms with E-state index in [0.29, 0.717) is 34.0 Å². The molecule has 0 aliphatic heterocycles. The first-order valence-corrected chi connectivity index (χ1v) is 8.49. The van der Waals surface area contributed by atoms with E-state index in [9.17, 15) is 4.39 Å². The second-order valence-electron chi connectivity index (χ2n) is 5.46. The molecule has 0 aliphatic carbocycles. The fourth-order valence-electron chi connectivity index (χ4n) is 2.36. The van der Waals surface area contributed by atoms with Gasteiger partial charge in [0.05, 0.1) is 5.75 Å². The SMILES string of the molecule is Cc1cc(C)n2nc(SCc3noc(-c4ccc(F)cc4)n3)nc2n1. The highest BCUT2D eigenvalue weighted by Crippen LogP contribution is 2.22. The highest BCUT2D eigenvalue weighted by molar-refractivity contribution is 7.98. The number of hydrogen-bond acceptors (Lipinski definition) is 7. The zero-order valence-electron chi connectivity index (χ0n) is 13.5. The highest BCUT2D eigenvalue weighted by Gasteiger charge is 2.12. The third-order valence-corrected chi connectivity index (χ3v) is 4.32. The number of hydrogen-bond donors (Lipinski definition) is 0. The molecular formula is C16H13FN6OS. The maximum absolute atomic E-state index is 13.0. The molecule has 0 unspecified atom stereocenters. The number of halogens is 1. The Hall–Kier alpha value is -2.81. The van der Waals surface area contributed by atoms with E-state index in [1.54, 1.807) is 16.6 Å². The largest absolute Gasteiger partial charge is 0.334 e. The van der Waals surface area contributed by atoms with Gasteiger partial charge >= 0.3 is 0 Å². The van der Waals surface area contributed by atoms with Crippen LogP contribution in [0.25, 0.3) is 17.2 Å². The molecular weight excluding hydrogens is 343 g/mol. The van der Waals surface area contributed by atoms with Crippen molar-refractivity contribution in [1.29, 1.82) is 0 Å². The molecule has 4 rings (SSSR count). The van der Waals surface area contributed by atoms with Gasteiger partial charge < -0.3 is 4.52 Å². The van der Waals surface area contributed by atoms with Gasteiger partial charge in [-0.25, -0.2) is 13.9 Å². The van der Waals surface area contributed by atoms with Crippen LogP contribution in [0.3, 0.4) is 0 Å². The lowest BCUT2D eigenvalue weighted by atomic mass is 10.2. The van der Waals surface area contributed by atoms with E-state index in [1.165, 1.54) is 23.9 Å². The number of aryl methyl sites for hydroxylation is 2. The van der Waals surface area contributed by atoms with Gasteiger partial charge in [-0.15, -0.1) is 5.10 Å². The standard InChI is InChI=1S/C16H13FN6OS/c1-9-7-10(2)23-15(18-9)20-16(21-23)25-8-13-19-14(24-22-13)11-3-5-12(17)6-4-11/h3-7H,8H2,1-2H3. The summed E-state index contributed by atoms with van der Waals surface area (Å²) in [6.45, 7) is 3.88. The quantitative estimate of drug-likeness (QED) is 0.519. The molecule has 0 saturated heterocycles. The van der Waals surface area contributed by atoms with Crippen molar-refractivity contribution in [2.45, 2.75) is 24.8 Å². The Morgan fingerprint density at radius 1 is 1.12 bits per heavy atom. The predicted octanol–water partition coefficient (Wildman–Crippen LogP) is 3.22. The Balaban J connectivity index is 1.50. The topological polar surface area (TPSA) is 82.0 Å². The predicted molar refractivity (Wildman–Crippen MR) is 89.5 cm³/mol. The van der Waals surface area contributed by atoms with Crippen molar-refractivity contribution in [2.75, 3.05) is 0 Å². The molecule has 0 bridgehead atoms. The first-order valence-electron chi connectivity index (χ1n) is 7.51. The minimum Gasteiger partial charge on any atom is -0.334 e. The Morgan fingerprint density at radius 3 is 2.72 bits per heavy atom. The van der Waals surface area contributed by atoms with Crippen LogP contribution in [-0.4, -0.2) is 29.7 Å². The summed E-state index contributed by atoms with van der Waals surface area (Å²) in [7, 11) is 0. The van der Waals surface area contributed by atoms with Crippen LogP contribution < -0.4 is 0 Å². The average Bonchev–Trinajstić information content (AvgIpc) is 3.20. The van der Waals surface area contributed by atoms with Crippen LogP contribution in [0.5, 0.6) is 0 Å². The Kier molecular flexibility index (Phi) is 3.92. The van der Waals surface area contributed by atoms with E-state index in [-0.39, 0.29) is 5.82 Å². The Labute approximate surface area is 146 Å². The molecule has 0 spiro atoms. The van der Waals surface area contributed by atoms with Gasteiger partial charge in [0.2, 0.25) is 5.16 Å². The summed E-state index contributed by atoms with van der Waals surface area (Å²) < 4.78 is 19.9. The molecule has 0 aliphatic rings. The fourth-order valence-corrected chi connectivity index (χ4v) is 3.02. The van der Waals surface area contributed by atoms with Crippen molar-refractivity contribution in [1.82, 2.24) is 29.7 Å². The van der Waals surface area contributed by atoms with Crippen molar-refractivity contribution >= 4 is 17.5 Å². The van der Waals surface area contributed by atoms with Crippen molar-refractivity contribution < 1.29 is 8.91 Å². The summed E-state index contributed by atoms with van der Waals surface area (Å²) in [5, 5.41) is 8.95. The molecule has 25 heavy (non-hydrogen) atoms. The van der Waals surface area contributed by atoms with Crippen LogP contribution in [0.15, 0.2) is 40.0 Å². The van der Waals surface area contributed by atoms with Crippen LogP contribution in [-0.2, 0) is 5.75 Å². The fraction of sp³-hybridized carbons (Fsp3) is 0.188. The number of thioether (sulfide) groups is 1. The van der Waals surface area contributed by atoms with Gasteiger partial charge in [0, 0.05) is 17.0 Å². The Morgan fingerprint density at radius 2 is 1.92 bits per heavy atom. The summed E-state index contributed by atoms with van der Waals surface area (Å²) in [6.07, 6.45) is 0. The summed E-state index contributed by atoms with van der Waals surface area (Å²) in [6, 6.07) is 7.85. The van der Waals surface area contributed by atoms with Crippen LogP contribution >= 0.6 is 11.8 Å². The van der Waals surface area contributed by atoms with Gasteiger partial charge in [-0.05, 0) is 44.2 Å². The lowest BCUT2D eigenvalue weighted by Crippen LogP contribution is -1.97. The molecule has 3 heterocycles. The van der Waals surface area contributed by atoms with E-state index < -0.39 is 0 Å². The van der Waals surface area contributed by atoms with E-state index in [0.717, 1.165) is 11.4 Å². The van der Waals surface area contributed by atoms with Gasteiger partial charge in [-0.2, -0.15) is 9.97 Å². The van der Waals surface area contributed by atoms with Crippen molar-refractivity contribution in [2.24, 2.45) is 0 Å². The maximum Gasteiger partial charge on any atom is 0.257 e. The second kappa shape index (κ2) is 6.25. The molecule has 0 atom stereocenters. The smallest absolute Gasteiger partial charge is 0.257 e. The molecule has 1 aromatic carbocycles. The number of rotatable bonds is 4. The van der Waals surface area contributed by atoms with Crippen LogP contribution in [0.2, 0.25) is 0 Å². The number of fused-ring (bicyclic) bond motifs is 1. The number of benzene rings is 1. The van der Waals surface area contributed by atoms with Gasteiger partial charge in [-0.1, -0.05) is 16.9 Å². The second-order valence-corrected chi connectivity index (χ2v) is 6.40. The van der Waals surface area contributed by atoms with Gasteiger partial charge in [0.1, 0.15) is 5.82 Å². The summed E-state index contributed by atoms with van der Waals surface area (Å²) in [5.41, 5.74) is 2.54. The number of nitrogens with zero attached hydrogens (tertiary/aromatic N) is 6. The maximum atomic E-state index is 13.0. The minimum atomic E-state index is -0.309. The molecule has 7 nitrogen and oxygen atoms in total. The molecule has 0 saturated carbocycles. The van der Waals surface area contributed by atoms with Crippen molar-refractivity contribution in [3.05, 3.63) is 53.4 Å². The zero-order chi connectivity index (χ0) is 17.4. The van der Waals surface area contributed by atoms with Gasteiger partial charge in [0.25, 0.3) is 11.7 Å². The lowest BCUT2D eigenvalue weighted by Gasteiger charge is -1.97. The molecule has 0 amide bonds. The lowest BCUT2D eigenvalue weighted by molar-refractivity contribution is 0.425. The summed E-state index contributed by atoms with van der Waals surface area (Å²) in [5.74, 6) is 1.59. The van der Waals surface area contributed by atoms with Crippen LogP contribution in [0.1, 0.15) is 17.2 Å². The van der Waals surface area contributed by atoms with Crippen LogP contribution in [0, 0.1) is 19.7 Å². The van der Waals surface area contributed by atoms with Gasteiger partial charge in [0.15, 0.2) is 5.82 Å². The average molecular weight is 356 g/mol. The van der Waals surface area contributed by atoms with Crippen molar-refractivity contribution in [3.63, 3.8) is 0 Å². The highest BCUT2D eigenvalue weighted by atomic mass is 32.2. The third-order valence-electron chi connectivity index (χ3n) is 3.49. The van der Waals surface area contributed by atoms with E-state index >= 15 is 0 Å². The first kappa shape index (κ1) is 15.7. The summed E-state index contributed by atoms with van der Waals surface area (Å²) >= 11 is 1.40. The Bertz CT molecular complexity index is 1040. The number of aromatic nitrogens is 6. The summed E-state index contributed by atoms with van der Waals surface area (Å²) in [4.78, 5) is 13.1. The normalized spacial score (nSPS) is 11.3. The molecule has 0 N–H and O–H groups in total. The molecule has 4 aromatic rings. The molecule has 0 radical (unpaired) electrons. The first-order chi connectivity index (χ1) is 12.1. The molecule has 0 fully saturated rings. The molecule has 9 heteroatoms. The van der Waals surface area contributed by atoms with E-state index in [1.807, 2.05) is 19.9 Å². The minimum absolute atomic E-state index is 0.309. The monoisotopic (exact) mass is 356 g/mol. The van der Waals surface area contributed by atoms with Crippen molar-refractivity contribution in [3.8, 4) is 11.5 Å². The van der Waals surface area contributed by atoms with Gasteiger partial charge in [-0.3, -0.25) is 0 Å². The van der Waals surface area contributed by atoms with E-state index in [4.69, 9.17) is 4.52 Å². The molecule has 126 valence electrons. The zero-order valence-corrected chi connectivity index (χ0v) is 14.3. The van der Waals surface area contributed by atoms with E-state index in [2.05, 4.69) is 25.2 Å².